The van der Waals surface area contributed by atoms with E-state index in [1.165, 1.54) is 22.1 Å². The second kappa shape index (κ2) is 9.15. The van der Waals surface area contributed by atoms with E-state index in [0.29, 0.717) is 47.0 Å². The Balaban J connectivity index is 1.48. The summed E-state index contributed by atoms with van der Waals surface area (Å²) in [5.41, 5.74) is 1.07. The number of carbonyl (C=O) groups is 1. The zero-order valence-electron chi connectivity index (χ0n) is 14.3. The fraction of sp³-hybridized carbons (Fsp3) is 0.353. The molecule has 1 aliphatic heterocycles. The van der Waals surface area contributed by atoms with Crippen molar-refractivity contribution in [2.24, 2.45) is 0 Å². The van der Waals surface area contributed by atoms with Gasteiger partial charge < -0.3 is 4.90 Å². The average Bonchev–Trinajstić information content (AvgIpc) is 3.09. The van der Waals surface area contributed by atoms with Crippen LogP contribution in [0.2, 0.25) is 9.36 Å². The van der Waals surface area contributed by atoms with Gasteiger partial charge in [0.05, 0.1) is 10.1 Å². The van der Waals surface area contributed by atoms with Gasteiger partial charge in [-0.25, -0.2) is 8.42 Å². The number of rotatable bonds is 6. The molecule has 1 saturated heterocycles. The summed E-state index contributed by atoms with van der Waals surface area (Å²) >= 11 is 14.4. The third-order valence-electron chi connectivity index (χ3n) is 4.12. The van der Waals surface area contributed by atoms with Gasteiger partial charge in [0.25, 0.3) is 10.0 Å². The average molecular weight is 465 g/mol. The molecule has 27 heavy (non-hydrogen) atoms. The lowest BCUT2D eigenvalue weighted by molar-refractivity contribution is -0.129. The van der Waals surface area contributed by atoms with Crippen LogP contribution in [0.15, 0.2) is 40.6 Å². The Morgan fingerprint density at radius 1 is 1.11 bits per heavy atom. The van der Waals surface area contributed by atoms with E-state index in [1.54, 1.807) is 11.0 Å². The van der Waals surface area contributed by atoms with Gasteiger partial charge in [-0.2, -0.15) is 4.31 Å². The standard InChI is InChI=1S/C17H18Cl2N2O3S3/c18-14-3-1-2-13(10-14)11-25-12-16(22)20-6-8-21(9-7-20)27(23,24)17-5-4-15(19)26-17/h1-5,10H,6-9,11-12H2. The molecule has 0 saturated carbocycles. The van der Waals surface area contributed by atoms with Crippen LogP contribution in [0.5, 0.6) is 0 Å². The van der Waals surface area contributed by atoms with Gasteiger partial charge >= 0.3 is 0 Å². The zero-order valence-corrected chi connectivity index (χ0v) is 18.3. The minimum atomic E-state index is -3.54. The lowest BCUT2D eigenvalue weighted by Gasteiger charge is -2.33. The fourth-order valence-corrected chi connectivity index (χ4v) is 6.86. The summed E-state index contributed by atoms with van der Waals surface area (Å²) in [6.07, 6.45) is 0. The van der Waals surface area contributed by atoms with E-state index in [0.717, 1.165) is 16.9 Å². The molecule has 10 heteroatoms. The van der Waals surface area contributed by atoms with Crippen LogP contribution in [0.1, 0.15) is 5.56 Å². The van der Waals surface area contributed by atoms with Gasteiger partial charge in [-0.3, -0.25) is 4.79 Å². The van der Waals surface area contributed by atoms with Crippen molar-refractivity contribution in [2.45, 2.75) is 9.96 Å². The van der Waals surface area contributed by atoms with Gasteiger partial charge in [-0.15, -0.1) is 23.1 Å². The summed E-state index contributed by atoms with van der Waals surface area (Å²) in [7, 11) is -3.54. The van der Waals surface area contributed by atoms with Crippen LogP contribution in [0.4, 0.5) is 0 Å². The lowest BCUT2D eigenvalue weighted by atomic mass is 10.2. The molecule has 2 heterocycles. The number of hydrogen-bond acceptors (Lipinski definition) is 5. The van der Waals surface area contributed by atoms with Gasteiger partial charge in [0.15, 0.2) is 0 Å². The maximum atomic E-state index is 12.6. The number of nitrogens with zero attached hydrogens (tertiary/aromatic N) is 2. The maximum absolute atomic E-state index is 12.6. The first-order valence-electron chi connectivity index (χ1n) is 8.22. The van der Waals surface area contributed by atoms with Crippen LogP contribution >= 0.6 is 46.3 Å². The number of benzene rings is 1. The molecule has 2 aromatic rings. The normalized spacial score (nSPS) is 15.9. The van der Waals surface area contributed by atoms with E-state index in [2.05, 4.69) is 0 Å². The van der Waals surface area contributed by atoms with Gasteiger partial charge in [0.2, 0.25) is 5.91 Å². The molecule has 0 atom stereocenters. The van der Waals surface area contributed by atoms with Crippen LogP contribution in [-0.2, 0) is 20.6 Å². The quantitative estimate of drug-likeness (QED) is 0.651. The first kappa shape index (κ1) is 21.0. The van der Waals surface area contributed by atoms with E-state index in [-0.39, 0.29) is 10.1 Å². The summed E-state index contributed by atoms with van der Waals surface area (Å²) < 4.78 is 27.3. The van der Waals surface area contributed by atoms with Gasteiger partial charge in [-0.05, 0) is 29.8 Å². The summed E-state index contributed by atoms with van der Waals surface area (Å²) in [5.74, 6) is 1.10. The number of thioether (sulfide) groups is 1. The van der Waals surface area contributed by atoms with E-state index >= 15 is 0 Å². The largest absolute Gasteiger partial charge is 0.339 e. The van der Waals surface area contributed by atoms with Gasteiger partial charge in [-0.1, -0.05) is 35.3 Å². The molecule has 3 rings (SSSR count). The van der Waals surface area contributed by atoms with Crippen molar-refractivity contribution >= 4 is 62.2 Å². The fourth-order valence-electron chi connectivity index (χ4n) is 2.72. The smallest absolute Gasteiger partial charge is 0.252 e. The van der Waals surface area contributed by atoms with Crippen LogP contribution in [0.3, 0.4) is 0 Å². The van der Waals surface area contributed by atoms with Crippen LogP contribution in [0, 0.1) is 0 Å². The highest BCUT2D eigenvalue weighted by Crippen LogP contribution is 2.28. The SMILES string of the molecule is O=C(CSCc1cccc(Cl)c1)N1CCN(S(=O)(=O)c2ccc(Cl)s2)CC1. The first-order valence-corrected chi connectivity index (χ1v) is 12.4. The minimum Gasteiger partial charge on any atom is -0.339 e. The first-order chi connectivity index (χ1) is 12.9. The number of carbonyl (C=O) groups excluding carboxylic acids is 1. The molecule has 0 unspecified atom stereocenters. The minimum absolute atomic E-state index is 0.0262. The number of hydrogen-bond donors (Lipinski definition) is 0. The number of amides is 1. The lowest BCUT2D eigenvalue weighted by Crippen LogP contribution is -2.50. The Bertz CT molecular complexity index is 910. The van der Waals surface area contributed by atoms with Gasteiger partial charge in [0, 0.05) is 37.0 Å². The second-order valence-electron chi connectivity index (χ2n) is 5.97. The molecule has 1 amide bonds. The summed E-state index contributed by atoms with van der Waals surface area (Å²) in [6, 6.07) is 10.7. The molecule has 0 spiro atoms. The van der Waals surface area contributed by atoms with Crippen LogP contribution in [0.25, 0.3) is 0 Å². The number of sulfonamides is 1. The van der Waals surface area contributed by atoms with Crippen molar-refractivity contribution in [3.05, 3.63) is 51.3 Å². The summed E-state index contributed by atoms with van der Waals surface area (Å²) in [6.45, 7) is 1.38. The number of thiophene rings is 1. The van der Waals surface area contributed by atoms with E-state index in [4.69, 9.17) is 23.2 Å². The molecule has 0 N–H and O–H groups in total. The van der Waals surface area contributed by atoms with Gasteiger partial charge in [0.1, 0.15) is 4.21 Å². The topological polar surface area (TPSA) is 57.7 Å². The molecule has 1 aromatic carbocycles. The number of piperazine rings is 1. The molecule has 5 nitrogen and oxygen atoms in total. The van der Waals surface area contributed by atoms with Crippen molar-refractivity contribution in [1.82, 2.24) is 9.21 Å². The van der Waals surface area contributed by atoms with Crippen molar-refractivity contribution in [3.63, 3.8) is 0 Å². The predicted octanol–water partition coefficient (Wildman–Crippen LogP) is 3.82. The van der Waals surface area contributed by atoms with Crippen molar-refractivity contribution in [2.75, 3.05) is 31.9 Å². The molecule has 146 valence electrons. The Hall–Kier alpha value is -0.770. The Kier molecular flexibility index (Phi) is 7.10. The van der Waals surface area contributed by atoms with Crippen LogP contribution in [-0.4, -0.2) is 55.5 Å². The molecule has 0 bridgehead atoms. The van der Waals surface area contributed by atoms with E-state index < -0.39 is 10.0 Å². The monoisotopic (exact) mass is 464 g/mol. The Labute approximate surface area is 177 Å². The molecular formula is C17H18Cl2N2O3S3. The summed E-state index contributed by atoms with van der Waals surface area (Å²) in [5, 5.41) is 0.684. The van der Waals surface area contributed by atoms with Crippen molar-refractivity contribution in [1.29, 1.82) is 0 Å². The third-order valence-corrected chi connectivity index (χ3v) is 8.94. The molecule has 0 radical (unpaired) electrons. The summed E-state index contributed by atoms with van der Waals surface area (Å²) in [4.78, 5) is 14.1. The van der Waals surface area contributed by atoms with Crippen molar-refractivity contribution < 1.29 is 13.2 Å². The highest BCUT2D eigenvalue weighted by molar-refractivity contribution is 7.99. The molecular weight excluding hydrogens is 447 g/mol. The van der Waals surface area contributed by atoms with E-state index in [9.17, 15) is 13.2 Å². The Morgan fingerprint density at radius 3 is 2.48 bits per heavy atom. The molecule has 1 aliphatic rings. The number of halogens is 2. The molecule has 0 aliphatic carbocycles. The van der Waals surface area contributed by atoms with E-state index in [1.807, 2.05) is 24.3 Å². The second-order valence-corrected chi connectivity index (χ2v) is 11.3. The Morgan fingerprint density at radius 2 is 1.85 bits per heavy atom. The predicted molar refractivity (Wildman–Crippen MR) is 112 cm³/mol. The highest BCUT2D eigenvalue weighted by atomic mass is 35.5. The zero-order chi connectivity index (χ0) is 19.4. The highest BCUT2D eigenvalue weighted by Gasteiger charge is 2.30. The van der Waals surface area contributed by atoms with Crippen molar-refractivity contribution in [3.8, 4) is 0 Å². The molecule has 1 aromatic heterocycles. The third kappa shape index (κ3) is 5.40. The maximum Gasteiger partial charge on any atom is 0.252 e. The molecule has 1 fully saturated rings. The van der Waals surface area contributed by atoms with Crippen LogP contribution < -0.4 is 0 Å².